The Morgan fingerprint density at radius 2 is 2.35 bits per heavy atom. The van der Waals surface area contributed by atoms with Gasteiger partial charge in [0.2, 0.25) is 5.91 Å². The van der Waals surface area contributed by atoms with Crippen LogP contribution in [0.5, 0.6) is 0 Å². The molecule has 2 heterocycles. The zero-order valence-corrected chi connectivity index (χ0v) is 13.8. The number of nitrogens with two attached hydrogens (primary N) is 1. The second-order valence-electron chi connectivity index (χ2n) is 5.94. The number of carbonyl (C=O) groups excluding carboxylic acids is 1. The second-order valence-corrected chi connectivity index (χ2v) is 6.79. The molecule has 0 aliphatic carbocycles. The summed E-state index contributed by atoms with van der Waals surface area (Å²) in [6.45, 7) is 8.39. The lowest BCUT2D eigenvalue weighted by atomic mass is 9.80. The summed E-state index contributed by atoms with van der Waals surface area (Å²) < 4.78 is 0. The Morgan fingerprint density at radius 3 is 2.90 bits per heavy atom. The monoisotopic (exact) mass is 318 g/mol. The van der Waals surface area contributed by atoms with Gasteiger partial charge in [-0.2, -0.15) is 0 Å². The molecule has 1 fully saturated rings. The predicted molar refractivity (Wildman–Crippen MR) is 85.5 cm³/mol. The summed E-state index contributed by atoms with van der Waals surface area (Å²) in [5.41, 5.74) is 7.10. The summed E-state index contributed by atoms with van der Waals surface area (Å²) in [7, 11) is 0. The maximum atomic E-state index is 12.0. The minimum absolute atomic E-state index is 0. The lowest BCUT2D eigenvalue weighted by Gasteiger charge is -2.42. The highest BCUT2D eigenvalue weighted by Gasteiger charge is 2.33. The van der Waals surface area contributed by atoms with Crippen LogP contribution in [-0.2, 0) is 4.79 Å². The van der Waals surface area contributed by atoms with Gasteiger partial charge >= 0.3 is 0 Å². The maximum Gasteiger partial charge on any atom is 0.240 e. The first-order valence-electron chi connectivity index (χ1n) is 6.57. The van der Waals surface area contributed by atoms with Gasteiger partial charge in [0.1, 0.15) is 0 Å². The number of halogens is 1. The van der Waals surface area contributed by atoms with Gasteiger partial charge in [-0.05, 0) is 18.8 Å². The quantitative estimate of drug-likeness (QED) is 0.892. The number of piperidine rings is 1. The third-order valence-electron chi connectivity index (χ3n) is 3.62. The van der Waals surface area contributed by atoms with Gasteiger partial charge in [0.05, 0.1) is 12.2 Å². The van der Waals surface area contributed by atoms with Gasteiger partial charge in [0.15, 0.2) is 5.13 Å². The molecule has 3 N–H and O–H groups in total. The van der Waals surface area contributed by atoms with Crippen molar-refractivity contribution in [3.05, 3.63) is 11.1 Å². The zero-order chi connectivity index (χ0) is 14.0. The van der Waals surface area contributed by atoms with E-state index in [1.54, 1.807) is 0 Å². The average Bonchev–Trinajstić information content (AvgIpc) is 2.69. The normalized spacial score (nSPS) is 22.1. The molecule has 1 saturated heterocycles. The Kier molecular flexibility index (Phi) is 5.94. The summed E-state index contributed by atoms with van der Waals surface area (Å²) in [5, 5.41) is 5.45. The van der Waals surface area contributed by atoms with E-state index in [0.717, 1.165) is 25.2 Å². The summed E-state index contributed by atoms with van der Waals surface area (Å²) in [4.78, 5) is 18.4. The first-order chi connectivity index (χ1) is 8.87. The Hall–Kier alpha value is -0.690. The largest absolute Gasteiger partial charge is 0.327 e. The van der Waals surface area contributed by atoms with E-state index < -0.39 is 0 Å². The van der Waals surface area contributed by atoms with Crippen LogP contribution in [0.4, 0.5) is 5.13 Å². The number of likely N-dealkylation sites (tertiary alicyclic amines) is 1. The van der Waals surface area contributed by atoms with Crippen LogP contribution in [0.15, 0.2) is 5.38 Å². The molecule has 114 valence electrons. The zero-order valence-electron chi connectivity index (χ0n) is 12.2. The molecule has 0 bridgehead atoms. The van der Waals surface area contributed by atoms with E-state index in [-0.39, 0.29) is 29.8 Å². The Labute approximate surface area is 130 Å². The fourth-order valence-electron chi connectivity index (χ4n) is 2.39. The number of anilines is 1. The molecule has 1 aliphatic rings. The second kappa shape index (κ2) is 6.85. The molecule has 1 atom stereocenters. The van der Waals surface area contributed by atoms with Crippen molar-refractivity contribution in [1.29, 1.82) is 0 Å². The smallest absolute Gasteiger partial charge is 0.240 e. The number of aromatic nitrogens is 1. The Balaban J connectivity index is 0.00000200. The highest BCUT2D eigenvalue weighted by Crippen LogP contribution is 2.27. The number of hydrogen-bond donors (Lipinski definition) is 2. The molecule has 0 radical (unpaired) electrons. The Morgan fingerprint density at radius 1 is 1.65 bits per heavy atom. The van der Waals surface area contributed by atoms with Gasteiger partial charge in [-0.25, -0.2) is 4.98 Å². The van der Waals surface area contributed by atoms with Crippen LogP contribution in [0.25, 0.3) is 0 Å². The van der Waals surface area contributed by atoms with Crippen LogP contribution in [0, 0.1) is 12.3 Å². The van der Waals surface area contributed by atoms with Gasteiger partial charge in [0, 0.05) is 24.5 Å². The molecule has 1 aromatic heterocycles. The third kappa shape index (κ3) is 4.41. The standard InChI is InChI=1S/C13H22N4OS.ClH/c1-9-7-19-12(15-9)16-11(18)6-17-5-4-10(14)13(2,3)8-17;/h7,10H,4-6,8,14H2,1-3H3,(H,15,16,18);1H. The minimum Gasteiger partial charge on any atom is -0.327 e. The van der Waals surface area contributed by atoms with Crippen LogP contribution < -0.4 is 11.1 Å². The molecule has 2 rings (SSSR count). The molecule has 1 amide bonds. The van der Waals surface area contributed by atoms with Crippen LogP contribution in [0.1, 0.15) is 26.0 Å². The molecule has 1 aromatic rings. The van der Waals surface area contributed by atoms with Crippen molar-refractivity contribution in [1.82, 2.24) is 9.88 Å². The lowest BCUT2D eigenvalue weighted by molar-refractivity contribution is -0.118. The predicted octanol–water partition coefficient (Wildman–Crippen LogP) is 1.87. The van der Waals surface area contributed by atoms with Crippen molar-refractivity contribution in [3.8, 4) is 0 Å². The number of hydrogen-bond acceptors (Lipinski definition) is 5. The van der Waals surface area contributed by atoms with Crippen molar-refractivity contribution in [2.75, 3.05) is 25.0 Å². The van der Waals surface area contributed by atoms with Crippen molar-refractivity contribution >= 4 is 34.8 Å². The molecule has 0 saturated carbocycles. The van der Waals surface area contributed by atoms with E-state index >= 15 is 0 Å². The van der Waals surface area contributed by atoms with Gasteiger partial charge < -0.3 is 11.1 Å². The van der Waals surface area contributed by atoms with Gasteiger partial charge in [-0.15, -0.1) is 23.7 Å². The molecule has 1 aliphatic heterocycles. The molecule has 0 aromatic carbocycles. The number of aryl methyl sites for hydroxylation is 1. The molecule has 1 unspecified atom stereocenters. The first kappa shape index (κ1) is 17.4. The lowest BCUT2D eigenvalue weighted by Crippen LogP contribution is -2.53. The molecular formula is C13H23ClN4OS. The fraction of sp³-hybridized carbons (Fsp3) is 0.692. The summed E-state index contributed by atoms with van der Waals surface area (Å²) in [6, 6.07) is 0.216. The topological polar surface area (TPSA) is 71.2 Å². The number of amides is 1. The van der Waals surface area contributed by atoms with Gasteiger partial charge in [-0.1, -0.05) is 13.8 Å². The first-order valence-corrected chi connectivity index (χ1v) is 7.45. The minimum atomic E-state index is 0. The third-order valence-corrected chi connectivity index (χ3v) is 4.50. The van der Waals surface area contributed by atoms with E-state index in [9.17, 15) is 4.79 Å². The molecular weight excluding hydrogens is 296 g/mol. The Bertz CT molecular complexity index is 463. The molecule has 5 nitrogen and oxygen atoms in total. The molecule has 20 heavy (non-hydrogen) atoms. The summed E-state index contributed by atoms with van der Waals surface area (Å²) in [5.74, 6) is 0.000575. The van der Waals surface area contributed by atoms with E-state index in [0.29, 0.717) is 11.7 Å². The summed E-state index contributed by atoms with van der Waals surface area (Å²) in [6.07, 6.45) is 0.941. The SMILES string of the molecule is Cc1csc(NC(=O)CN2CCC(N)C(C)(C)C2)n1.Cl. The van der Waals surface area contributed by atoms with E-state index in [2.05, 4.69) is 29.0 Å². The van der Waals surface area contributed by atoms with Crippen molar-refractivity contribution in [2.45, 2.75) is 33.2 Å². The maximum absolute atomic E-state index is 12.0. The van der Waals surface area contributed by atoms with Crippen LogP contribution >= 0.6 is 23.7 Å². The number of rotatable bonds is 3. The molecule has 7 heteroatoms. The van der Waals surface area contributed by atoms with Crippen LogP contribution in [0.3, 0.4) is 0 Å². The number of thiazole rings is 1. The fourth-order valence-corrected chi connectivity index (χ4v) is 3.10. The summed E-state index contributed by atoms with van der Waals surface area (Å²) >= 11 is 1.46. The van der Waals surface area contributed by atoms with E-state index in [1.807, 2.05) is 12.3 Å². The number of nitrogens with one attached hydrogen (secondary N) is 1. The highest BCUT2D eigenvalue weighted by atomic mass is 35.5. The van der Waals surface area contributed by atoms with Crippen LogP contribution in [-0.4, -0.2) is 41.5 Å². The van der Waals surface area contributed by atoms with Crippen molar-refractivity contribution in [2.24, 2.45) is 11.1 Å². The van der Waals surface area contributed by atoms with Crippen molar-refractivity contribution < 1.29 is 4.79 Å². The van der Waals surface area contributed by atoms with E-state index in [1.165, 1.54) is 11.3 Å². The van der Waals surface area contributed by atoms with Gasteiger partial charge in [0.25, 0.3) is 0 Å². The highest BCUT2D eigenvalue weighted by molar-refractivity contribution is 7.13. The number of carbonyl (C=O) groups is 1. The van der Waals surface area contributed by atoms with Gasteiger partial charge in [-0.3, -0.25) is 9.69 Å². The molecule has 0 spiro atoms. The van der Waals surface area contributed by atoms with Crippen molar-refractivity contribution in [3.63, 3.8) is 0 Å². The van der Waals surface area contributed by atoms with Crippen LogP contribution in [0.2, 0.25) is 0 Å². The van der Waals surface area contributed by atoms with E-state index in [4.69, 9.17) is 5.73 Å². The number of nitrogens with zero attached hydrogens (tertiary/aromatic N) is 2. The average molecular weight is 319 g/mol.